The minimum Gasteiger partial charge on any atom is -0.506 e. The van der Waals surface area contributed by atoms with Crippen molar-refractivity contribution < 1.29 is 19.1 Å². The van der Waals surface area contributed by atoms with Crippen LogP contribution in [0.15, 0.2) is 40.9 Å². The Balaban J connectivity index is 1.70. The number of aromatic hydroxyl groups is 1. The number of carbonyl (C=O) groups is 2. The van der Waals surface area contributed by atoms with E-state index in [2.05, 4.69) is 10.3 Å². The van der Waals surface area contributed by atoms with E-state index in [1.165, 1.54) is 17.3 Å². The number of fused-ring (bicyclic) bond motifs is 1. The zero-order chi connectivity index (χ0) is 22.8. The number of phenolic OH excluding ortho intramolecular Hbond substituents is 1. The van der Waals surface area contributed by atoms with Crippen molar-refractivity contribution in [3.05, 3.63) is 47.3 Å². The van der Waals surface area contributed by atoms with Crippen LogP contribution in [0.25, 0.3) is 11.0 Å². The molecule has 1 aromatic carbocycles. The lowest BCUT2D eigenvalue weighted by Crippen LogP contribution is -2.46. The average molecular weight is 457 g/mol. The molecule has 2 N–H and O–H groups in total. The van der Waals surface area contributed by atoms with Crippen molar-refractivity contribution in [1.29, 1.82) is 0 Å². The largest absolute Gasteiger partial charge is 0.506 e. The summed E-state index contributed by atoms with van der Waals surface area (Å²) in [5.74, 6) is -0.454. The maximum atomic E-state index is 13.4. The van der Waals surface area contributed by atoms with Crippen LogP contribution in [0.2, 0.25) is 5.02 Å². The first-order chi connectivity index (χ1) is 15.3. The third-order valence-electron chi connectivity index (χ3n) is 5.61. The zero-order valence-electron chi connectivity index (χ0n) is 18.0. The molecule has 8 nitrogen and oxygen atoms in total. The number of hydrogen-bond donors (Lipinski definition) is 2. The Morgan fingerprint density at radius 2 is 1.91 bits per heavy atom. The molecule has 1 saturated carbocycles. The summed E-state index contributed by atoms with van der Waals surface area (Å²) in [7, 11) is 3.48. The maximum absolute atomic E-state index is 13.4. The van der Waals surface area contributed by atoms with Gasteiger partial charge in [0.05, 0.1) is 5.02 Å². The van der Waals surface area contributed by atoms with Gasteiger partial charge >= 0.3 is 0 Å². The number of halogens is 1. The van der Waals surface area contributed by atoms with E-state index in [-0.39, 0.29) is 34.6 Å². The van der Waals surface area contributed by atoms with Crippen LogP contribution in [0.5, 0.6) is 5.75 Å². The van der Waals surface area contributed by atoms with Crippen molar-refractivity contribution in [1.82, 2.24) is 9.99 Å². The zero-order valence-corrected chi connectivity index (χ0v) is 18.7. The molecule has 0 atom stereocenters. The highest BCUT2D eigenvalue weighted by molar-refractivity contribution is 6.30. The minimum absolute atomic E-state index is 0.0346. The Kier molecular flexibility index (Phi) is 6.34. The molecule has 0 unspecified atom stereocenters. The van der Waals surface area contributed by atoms with Crippen molar-refractivity contribution in [2.75, 3.05) is 24.4 Å². The van der Waals surface area contributed by atoms with Crippen molar-refractivity contribution in [3.8, 4) is 5.75 Å². The van der Waals surface area contributed by atoms with E-state index < -0.39 is 5.91 Å². The Hall–Kier alpha value is -3.10. The fourth-order valence-electron chi connectivity index (χ4n) is 4.05. The van der Waals surface area contributed by atoms with Gasteiger partial charge in [0.1, 0.15) is 17.3 Å². The number of benzene rings is 1. The summed E-state index contributed by atoms with van der Waals surface area (Å²) in [6.07, 6.45) is 6.22. The van der Waals surface area contributed by atoms with E-state index in [1.54, 1.807) is 43.4 Å². The number of rotatable bonds is 5. The topological polar surface area (TPSA) is 98.9 Å². The summed E-state index contributed by atoms with van der Waals surface area (Å²) < 4.78 is 5.86. The number of anilines is 2. The first-order valence-corrected chi connectivity index (χ1v) is 10.9. The summed E-state index contributed by atoms with van der Waals surface area (Å²) in [5, 5.41) is 17.5. The van der Waals surface area contributed by atoms with E-state index in [4.69, 9.17) is 16.0 Å². The molecule has 1 aliphatic carbocycles. The predicted molar refractivity (Wildman–Crippen MR) is 123 cm³/mol. The molecule has 3 aromatic rings. The first-order valence-electron chi connectivity index (χ1n) is 10.5. The summed E-state index contributed by atoms with van der Waals surface area (Å²) in [4.78, 5) is 30.1. The van der Waals surface area contributed by atoms with E-state index in [1.807, 2.05) is 0 Å². The standard InChI is InChI=1S/C23H25ClN4O4/c1-27(2)28(23(31)14-6-4-3-5-7-14)20-17(29)10-8-15-12-18(32-21(15)20)22(30)26-19-11-9-16(24)13-25-19/h8-14,29H,3-7H2,1-2H3,(H,25,26,30). The number of hydrazine groups is 1. The van der Waals surface area contributed by atoms with Gasteiger partial charge in [0.25, 0.3) is 5.91 Å². The van der Waals surface area contributed by atoms with Gasteiger partial charge in [-0.05, 0) is 43.2 Å². The third kappa shape index (κ3) is 4.42. The van der Waals surface area contributed by atoms with Crippen molar-refractivity contribution in [3.63, 3.8) is 0 Å². The Labute approximate surface area is 190 Å². The second-order valence-corrected chi connectivity index (χ2v) is 8.55. The number of carbonyl (C=O) groups excluding carboxylic acids is 2. The highest BCUT2D eigenvalue weighted by Gasteiger charge is 2.32. The number of furan rings is 1. The van der Waals surface area contributed by atoms with E-state index in [0.717, 1.165) is 32.1 Å². The number of amides is 2. The quantitative estimate of drug-likeness (QED) is 0.533. The van der Waals surface area contributed by atoms with Crippen LogP contribution in [-0.4, -0.2) is 41.0 Å². The summed E-state index contributed by atoms with van der Waals surface area (Å²) >= 11 is 5.83. The lowest BCUT2D eigenvalue weighted by molar-refractivity contribution is -0.125. The van der Waals surface area contributed by atoms with Crippen molar-refractivity contribution in [2.45, 2.75) is 32.1 Å². The fraction of sp³-hybridized carbons (Fsp3) is 0.348. The number of nitrogens with zero attached hydrogens (tertiary/aromatic N) is 3. The van der Waals surface area contributed by atoms with E-state index >= 15 is 0 Å². The SMILES string of the molecule is CN(C)N(C(=O)C1CCCCC1)c1c(O)ccc2cc(C(=O)Nc3ccc(Cl)cn3)oc12. The van der Waals surface area contributed by atoms with E-state index in [0.29, 0.717) is 16.2 Å². The highest BCUT2D eigenvalue weighted by atomic mass is 35.5. The molecule has 1 fully saturated rings. The van der Waals surface area contributed by atoms with Gasteiger partial charge in [-0.1, -0.05) is 30.9 Å². The van der Waals surface area contributed by atoms with E-state index in [9.17, 15) is 14.7 Å². The smallest absolute Gasteiger partial charge is 0.292 e. The van der Waals surface area contributed by atoms with Crippen LogP contribution in [0.1, 0.15) is 42.7 Å². The molecule has 0 spiro atoms. The van der Waals surface area contributed by atoms with Crippen LogP contribution in [0.3, 0.4) is 0 Å². The van der Waals surface area contributed by atoms with Crippen molar-refractivity contribution in [2.24, 2.45) is 5.92 Å². The maximum Gasteiger partial charge on any atom is 0.292 e. The molecule has 1 aliphatic rings. The number of phenols is 1. The molecule has 2 heterocycles. The molecule has 0 aliphatic heterocycles. The minimum atomic E-state index is -0.503. The average Bonchev–Trinajstić information content (AvgIpc) is 3.22. The lowest BCUT2D eigenvalue weighted by Gasteiger charge is -2.33. The van der Waals surface area contributed by atoms with Crippen LogP contribution in [0.4, 0.5) is 11.5 Å². The third-order valence-corrected chi connectivity index (χ3v) is 5.83. The molecule has 2 aromatic heterocycles. The monoisotopic (exact) mass is 456 g/mol. The second-order valence-electron chi connectivity index (χ2n) is 8.11. The molecule has 0 radical (unpaired) electrons. The van der Waals surface area contributed by atoms with Gasteiger partial charge in [-0.15, -0.1) is 0 Å². The van der Waals surface area contributed by atoms with Crippen LogP contribution in [-0.2, 0) is 4.79 Å². The molecule has 4 rings (SSSR count). The summed E-state index contributed by atoms with van der Waals surface area (Å²) in [6.45, 7) is 0. The van der Waals surface area contributed by atoms with Crippen LogP contribution >= 0.6 is 11.6 Å². The van der Waals surface area contributed by atoms with Crippen LogP contribution in [0, 0.1) is 5.92 Å². The second kappa shape index (κ2) is 9.18. The van der Waals surface area contributed by atoms with Gasteiger partial charge in [0.15, 0.2) is 11.3 Å². The van der Waals surface area contributed by atoms with Gasteiger partial charge < -0.3 is 14.8 Å². The summed E-state index contributed by atoms with van der Waals surface area (Å²) in [6, 6.07) is 7.91. The Morgan fingerprint density at radius 1 is 1.16 bits per heavy atom. The Morgan fingerprint density at radius 3 is 2.56 bits per heavy atom. The van der Waals surface area contributed by atoms with Gasteiger partial charge in [0.2, 0.25) is 5.91 Å². The normalized spacial score (nSPS) is 14.6. The van der Waals surface area contributed by atoms with Gasteiger partial charge in [0, 0.05) is 31.6 Å². The first kappa shape index (κ1) is 22.1. The predicted octanol–water partition coefficient (Wildman–Crippen LogP) is 4.83. The lowest BCUT2D eigenvalue weighted by atomic mass is 9.88. The van der Waals surface area contributed by atoms with Crippen LogP contribution < -0.4 is 10.3 Å². The van der Waals surface area contributed by atoms with Gasteiger partial charge in [-0.2, -0.15) is 0 Å². The number of pyridine rings is 1. The molecule has 9 heteroatoms. The molecular weight excluding hydrogens is 432 g/mol. The molecule has 0 bridgehead atoms. The highest BCUT2D eigenvalue weighted by Crippen LogP contribution is 2.39. The molecule has 168 valence electrons. The van der Waals surface area contributed by atoms with Crippen molar-refractivity contribution >= 4 is 45.9 Å². The summed E-state index contributed by atoms with van der Waals surface area (Å²) in [5.41, 5.74) is 0.490. The molecule has 32 heavy (non-hydrogen) atoms. The molecular formula is C23H25ClN4O4. The molecule has 0 saturated heterocycles. The van der Waals surface area contributed by atoms with Gasteiger partial charge in [-0.3, -0.25) is 9.59 Å². The Bertz CT molecular complexity index is 1140. The number of aromatic nitrogens is 1. The molecule has 2 amide bonds. The van der Waals surface area contributed by atoms with Gasteiger partial charge in [-0.25, -0.2) is 15.0 Å². The fourth-order valence-corrected chi connectivity index (χ4v) is 4.16. The number of nitrogens with one attached hydrogen (secondary N) is 1. The number of hydrogen-bond acceptors (Lipinski definition) is 6.